The van der Waals surface area contributed by atoms with Gasteiger partial charge in [0, 0.05) is 26.3 Å². The number of nitrogens with zero attached hydrogens (tertiary/aromatic N) is 1. The average molecular weight is 459 g/mol. The number of hydrogen-bond acceptors (Lipinski definition) is 10. The van der Waals surface area contributed by atoms with Crippen molar-refractivity contribution in [3.63, 3.8) is 0 Å². The van der Waals surface area contributed by atoms with Crippen molar-refractivity contribution in [1.82, 2.24) is 0 Å². The van der Waals surface area contributed by atoms with Crippen molar-refractivity contribution < 1.29 is 38.2 Å². The third-order valence-corrected chi connectivity index (χ3v) is 6.08. The Morgan fingerprint density at radius 3 is 2.34 bits per heavy atom. The Morgan fingerprint density at radius 1 is 0.969 bits per heavy atom. The van der Waals surface area contributed by atoms with Crippen LogP contribution in [-0.2, 0) is 38.2 Å². The molecule has 0 amide bonds. The Balaban J connectivity index is 1.65. The van der Waals surface area contributed by atoms with Gasteiger partial charge in [-0.15, -0.1) is 0 Å². The largest absolute Gasteiger partial charge is 0.456 e. The van der Waals surface area contributed by atoms with Crippen molar-refractivity contribution in [3.05, 3.63) is 48.0 Å². The summed E-state index contributed by atoms with van der Waals surface area (Å²) >= 11 is 1.09. The molecular formula is C22H21NO8S. The Hall–Kier alpha value is -3.11. The van der Waals surface area contributed by atoms with Gasteiger partial charge in [0.25, 0.3) is 0 Å². The number of rotatable bonds is 4. The molecule has 4 atom stereocenters. The summed E-state index contributed by atoms with van der Waals surface area (Å²) in [5, 5.41) is 5.14. The minimum atomic E-state index is -1.61. The molecule has 0 radical (unpaired) electrons. The first kappa shape index (κ1) is 22.1. The van der Waals surface area contributed by atoms with Gasteiger partial charge in [-0.05, 0) is 28.6 Å². The van der Waals surface area contributed by atoms with Crippen LogP contribution < -0.4 is 0 Å². The summed E-state index contributed by atoms with van der Waals surface area (Å²) in [6.45, 7) is 3.48. The second-order valence-electron chi connectivity index (χ2n) is 7.32. The summed E-state index contributed by atoms with van der Waals surface area (Å²) in [6, 6.07) is 13.7. The molecule has 4 rings (SSSR count). The van der Waals surface area contributed by atoms with Gasteiger partial charge in [-0.25, -0.2) is 0 Å². The maximum Gasteiger partial charge on any atom is 0.332 e. The van der Waals surface area contributed by atoms with E-state index in [4.69, 9.17) is 23.8 Å². The summed E-state index contributed by atoms with van der Waals surface area (Å²) in [4.78, 5) is 40.9. The van der Waals surface area contributed by atoms with Gasteiger partial charge in [-0.3, -0.25) is 14.4 Å². The Kier molecular flexibility index (Phi) is 6.07. The quantitative estimate of drug-likeness (QED) is 0.503. The van der Waals surface area contributed by atoms with Crippen LogP contribution in [0.25, 0.3) is 10.8 Å². The minimum Gasteiger partial charge on any atom is -0.456 e. The molecule has 0 N–H and O–H groups in total. The van der Waals surface area contributed by atoms with Gasteiger partial charge in [-0.2, -0.15) is 0 Å². The molecule has 0 aromatic heterocycles. The van der Waals surface area contributed by atoms with Gasteiger partial charge in [0.15, 0.2) is 12.2 Å². The summed E-state index contributed by atoms with van der Waals surface area (Å²) in [6.07, 6.45) is -3.37. The first-order valence-electron chi connectivity index (χ1n) is 9.87. The normalized spacial score (nSPS) is 26.8. The predicted molar refractivity (Wildman–Crippen MR) is 115 cm³/mol. The van der Waals surface area contributed by atoms with E-state index in [9.17, 15) is 14.4 Å². The predicted octanol–water partition coefficient (Wildman–Crippen LogP) is 2.74. The molecule has 10 heteroatoms. The van der Waals surface area contributed by atoms with Crippen LogP contribution in [-0.4, -0.2) is 53.0 Å². The van der Waals surface area contributed by atoms with Gasteiger partial charge in [0.2, 0.25) is 6.10 Å². The first-order chi connectivity index (χ1) is 15.3. The fourth-order valence-electron chi connectivity index (χ4n) is 3.61. The van der Waals surface area contributed by atoms with Crippen molar-refractivity contribution in [1.29, 1.82) is 0 Å². The summed E-state index contributed by atoms with van der Waals surface area (Å²) in [5.74, 6) is -1.89. The van der Waals surface area contributed by atoms with Crippen LogP contribution in [0.4, 0.5) is 0 Å². The van der Waals surface area contributed by atoms with Crippen molar-refractivity contribution in [2.75, 3.05) is 6.61 Å². The molecule has 1 spiro atoms. The van der Waals surface area contributed by atoms with Crippen LogP contribution in [0.5, 0.6) is 0 Å². The minimum absolute atomic E-state index is 0.150. The van der Waals surface area contributed by atoms with E-state index in [1.807, 2.05) is 42.5 Å². The number of hydrogen-bond donors (Lipinski definition) is 0. The molecule has 0 bridgehead atoms. The smallest absolute Gasteiger partial charge is 0.332 e. The van der Waals surface area contributed by atoms with Gasteiger partial charge >= 0.3 is 23.0 Å². The topological polar surface area (TPSA) is 110 Å². The molecule has 2 heterocycles. The van der Waals surface area contributed by atoms with E-state index < -0.39 is 41.3 Å². The number of carbonyl (C=O) groups is 3. The van der Waals surface area contributed by atoms with Crippen LogP contribution in [0.1, 0.15) is 26.3 Å². The summed E-state index contributed by atoms with van der Waals surface area (Å²) in [5.41, 5.74) is 0.780. The lowest BCUT2D eigenvalue weighted by Crippen LogP contribution is -2.62. The molecule has 2 aromatic carbocycles. The third kappa shape index (κ3) is 4.42. The van der Waals surface area contributed by atoms with E-state index in [0.717, 1.165) is 28.1 Å². The zero-order chi connectivity index (χ0) is 22.9. The number of ether oxygens (including phenoxy) is 4. The van der Waals surface area contributed by atoms with Crippen molar-refractivity contribution in [2.45, 2.75) is 44.2 Å². The van der Waals surface area contributed by atoms with Gasteiger partial charge in [-0.1, -0.05) is 41.6 Å². The van der Waals surface area contributed by atoms with E-state index in [1.54, 1.807) is 0 Å². The van der Waals surface area contributed by atoms with E-state index in [0.29, 0.717) is 5.04 Å². The molecule has 1 fully saturated rings. The van der Waals surface area contributed by atoms with E-state index in [1.165, 1.54) is 20.8 Å². The zero-order valence-corrected chi connectivity index (χ0v) is 18.4. The van der Waals surface area contributed by atoms with Gasteiger partial charge in [0.05, 0.1) is 6.61 Å². The number of esters is 3. The van der Waals surface area contributed by atoms with E-state index >= 15 is 0 Å². The molecule has 2 aliphatic rings. The molecule has 32 heavy (non-hydrogen) atoms. The highest BCUT2D eigenvalue weighted by Crippen LogP contribution is 2.46. The zero-order valence-electron chi connectivity index (χ0n) is 17.6. The summed E-state index contributed by atoms with van der Waals surface area (Å²) < 4.78 is 22.0. The first-order valence-corrected chi connectivity index (χ1v) is 10.7. The maximum absolute atomic E-state index is 11.9. The molecule has 9 nitrogen and oxygen atoms in total. The maximum atomic E-state index is 11.9. The van der Waals surface area contributed by atoms with Crippen LogP contribution in [0.15, 0.2) is 47.6 Å². The molecule has 2 aromatic rings. The lowest BCUT2D eigenvalue weighted by Gasteiger charge is -2.43. The van der Waals surface area contributed by atoms with E-state index in [-0.39, 0.29) is 6.61 Å². The molecule has 2 aliphatic heterocycles. The third-order valence-electron chi connectivity index (χ3n) is 4.87. The van der Waals surface area contributed by atoms with E-state index in [2.05, 4.69) is 5.16 Å². The average Bonchev–Trinajstić information content (AvgIpc) is 3.17. The summed E-state index contributed by atoms with van der Waals surface area (Å²) in [7, 11) is 0. The fraction of sp³-hybridized carbons (Fsp3) is 0.364. The standard InChI is InChI=1S/C22H21NO8S/c1-12(24)28-18-11-27-22(20(30-14(3)26)19(18)29-13(2)25)31-23-21(32-22)17-9-8-15-6-4-5-7-16(15)10-17/h4-10,18-20H,11H2,1-3H3/t18-,19+,20-,22-/m1/s1. The second kappa shape index (κ2) is 8.79. The highest BCUT2D eigenvalue weighted by molar-refractivity contribution is 8.15. The lowest BCUT2D eigenvalue weighted by atomic mass is 10.0. The Bertz CT molecular complexity index is 1100. The molecule has 0 saturated carbocycles. The molecule has 1 saturated heterocycles. The molecule has 0 unspecified atom stereocenters. The van der Waals surface area contributed by atoms with Crippen molar-refractivity contribution in [3.8, 4) is 0 Å². The van der Waals surface area contributed by atoms with Crippen LogP contribution in [0, 0.1) is 0 Å². The van der Waals surface area contributed by atoms with Crippen LogP contribution in [0.3, 0.4) is 0 Å². The number of oxime groups is 1. The highest BCUT2D eigenvalue weighted by atomic mass is 32.2. The number of fused-ring (bicyclic) bond motifs is 1. The molecular weight excluding hydrogens is 438 g/mol. The monoisotopic (exact) mass is 459 g/mol. The lowest BCUT2D eigenvalue weighted by molar-refractivity contribution is -0.296. The number of thioether (sulfide) groups is 1. The molecule has 0 aliphatic carbocycles. The van der Waals surface area contributed by atoms with Gasteiger partial charge < -0.3 is 23.8 Å². The Morgan fingerprint density at radius 2 is 1.66 bits per heavy atom. The van der Waals surface area contributed by atoms with Gasteiger partial charge in [0.1, 0.15) is 5.04 Å². The van der Waals surface area contributed by atoms with Crippen molar-refractivity contribution >= 4 is 45.5 Å². The molecule has 168 valence electrons. The van der Waals surface area contributed by atoms with Crippen molar-refractivity contribution in [2.24, 2.45) is 5.16 Å². The second-order valence-corrected chi connectivity index (χ2v) is 8.48. The number of carbonyl (C=O) groups excluding carboxylic acids is 3. The fourth-order valence-corrected chi connectivity index (χ4v) is 4.70. The van der Waals surface area contributed by atoms with Crippen LogP contribution >= 0.6 is 11.8 Å². The highest BCUT2D eigenvalue weighted by Gasteiger charge is 2.62. The number of benzene rings is 2. The SMILES string of the molecule is CC(=O)O[C@@H]1[C@@H](OC(C)=O)[C@@]2(OC[C@H]1OC(C)=O)ON=C(c1ccc3ccccc3c1)S2. The van der Waals surface area contributed by atoms with Crippen LogP contribution in [0.2, 0.25) is 0 Å². The Labute approximate surface area is 188 Å².